The van der Waals surface area contributed by atoms with Crippen molar-refractivity contribution in [3.8, 4) is 11.4 Å². The number of benzene rings is 1. The maximum absolute atomic E-state index is 11.8. The molecule has 0 radical (unpaired) electrons. The van der Waals surface area contributed by atoms with Gasteiger partial charge in [0, 0.05) is 43.1 Å². The minimum atomic E-state index is -0.277. The molecule has 0 bridgehead atoms. The van der Waals surface area contributed by atoms with E-state index in [0.717, 1.165) is 35.9 Å². The number of morpholine rings is 1. The molecule has 3 rings (SSSR count). The molecule has 1 aliphatic rings. The molecule has 8 nitrogen and oxygen atoms in total. The molecule has 154 valence electrons. The summed E-state index contributed by atoms with van der Waals surface area (Å²) in [7, 11) is 0. The van der Waals surface area contributed by atoms with Crippen LogP contribution in [0.3, 0.4) is 0 Å². The van der Waals surface area contributed by atoms with Gasteiger partial charge in [-0.05, 0) is 30.5 Å². The summed E-state index contributed by atoms with van der Waals surface area (Å²) in [5.41, 5.74) is 2.51. The highest BCUT2D eigenvalue weighted by molar-refractivity contribution is 7.97. The van der Waals surface area contributed by atoms with Gasteiger partial charge < -0.3 is 20.3 Å². The van der Waals surface area contributed by atoms with E-state index in [1.807, 2.05) is 18.2 Å². The SMILES string of the molecule is CSCc1cc(N2CCOCC2)nc(-c2ccc(NC(=O)CNC(C)=O)cc2)n1. The average Bonchev–Trinajstić information content (AvgIpc) is 2.73. The standard InChI is InChI=1S/C20H25N5O3S/c1-14(26)21-12-19(27)22-16-5-3-15(4-6-16)20-23-17(13-29-2)11-18(24-20)25-7-9-28-10-8-25/h3-6,11H,7-10,12-13H2,1-2H3,(H,21,26)(H,22,27). The van der Waals surface area contributed by atoms with Crippen molar-refractivity contribution in [2.45, 2.75) is 12.7 Å². The smallest absolute Gasteiger partial charge is 0.243 e. The number of thioether (sulfide) groups is 1. The molecule has 9 heteroatoms. The van der Waals surface area contributed by atoms with Gasteiger partial charge >= 0.3 is 0 Å². The Morgan fingerprint density at radius 2 is 1.90 bits per heavy atom. The molecule has 2 amide bonds. The van der Waals surface area contributed by atoms with Gasteiger partial charge in [0.1, 0.15) is 5.82 Å². The first-order valence-corrected chi connectivity index (χ1v) is 10.8. The number of anilines is 2. The van der Waals surface area contributed by atoms with Gasteiger partial charge in [0.15, 0.2) is 5.82 Å². The van der Waals surface area contributed by atoms with Crippen LogP contribution in [0.15, 0.2) is 30.3 Å². The number of rotatable bonds is 7. The Labute approximate surface area is 174 Å². The van der Waals surface area contributed by atoms with Crippen LogP contribution in [0.1, 0.15) is 12.6 Å². The van der Waals surface area contributed by atoms with Crippen LogP contribution in [0.25, 0.3) is 11.4 Å². The summed E-state index contributed by atoms with van der Waals surface area (Å²) in [4.78, 5) is 34.4. The molecule has 0 unspecified atom stereocenters. The summed E-state index contributed by atoms with van der Waals surface area (Å²) < 4.78 is 5.44. The predicted octanol–water partition coefficient (Wildman–Crippen LogP) is 1.92. The van der Waals surface area contributed by atoms with Gasteiger partial charge in [0.25, 0.3) is 0 Å². The van der Waals surface area contributed by atoms with Crippen LogP contribution in [0.5, 0.6) is 0 Å². The van der Waals surface area contributed by atoms with E-state index in [-0.39, 0.29) is 18.4 Å². The number of amides is 2. The van der Waals surface area contributed by atoms with Crippen molar-refractivity contribution in [1.82, 2.24) is 15.3 Å². The maximum atomic E-state index is 11.8. The molecule has 1 aromatic carbocycles. The summed E-state index contributed by atoms with van der Waals surface area (Å²) in [6.07, 6.45) is 2.05. The summed E-state index contributed by atoms with van der Waals surface area (Å²) in [5.74, 6) is 1.86. The molecule has 1 aromatic heterocycles. The lowest BCUT2D eigenvalue weighted by Gasteiger charge is -2.28. The Morgan fingerprint density at radius 1 is 1.17 bits per heavy atom. The minimum Gasteiger partial charge on any atom is -0.378 e. The largest absolute Gasteiger partial charge is 0.378 e. The third kappa shape index (κ3) is 6.16. The molecule has 0 saturated carbocycles. The van der Waals surface area contributed by atoms with E-state index >= 15 is 0 Å². The number of carbonyl (C=O) groups is 2. The molecule has 1 saturated heterocycles. The van der Waals surface area contributed by atoms with Crippen molar-refractivity contribution in [3.63, 3.8) is 0 Å². The van der Waals surface area contributed by atoms with Crippen LogP contribution in [-0.4, -0.2) is 60.9 Å². The van der Waals surface area contributed by atoms with Crippen LogP contribution in [0.2, 0.25) is 0 Å². The van der Waals surface area contributed by atoms with Crippen molar-refractivity contribution in [3.05, 3.63) is 36.0 Å². The molecular weight excluding hydrogens is 390 g/mol. The van der Waals surface area contributed by atoms with Crippen molar-refractivity contribution in [1.29, 1.82) is 0 Å². The third-order valence-electron chi connectivity index (χ3n) is 4.32. The van der Waals surface area contributed by atoms with E-state index in [1.165, 1.54) is 6.92 Å². The predicted molar refractivity (Wildman–Crippen MR) is 115 cm³/mol. The first kappa shape index (κ1) is 21.1. The Balaban J connectivity index is 1.77. The first-order chi connectivity index (χ1) is 14.0. The van der Waals surface area contributed by atoms with Gasteiger partial charge in [-0.3, -0.25) is 9.59 Å². The summed E-state index contributed by atoms with van der Waals surface area (Å²) in [6, 6.07) is 9.42. The fraction of sp³-hybridized carbons (Fsp3) is 0.400. The van der Waals surface area contributed by atoms with Gasteiger partial charge in [-0.1, -0.05) is 0 Å². The summed E-state index contributed by atoms with van der Waals surface area (Å²) in [5, 5.41) is 5.22. The molecular formula is C20H25N5O3S. The lowest BCUT2D eigenvalue weighted by Crippen LogP contribution is -2.37. The quantitative estimate of drug-likeness (QED) is 0.713. The van der Waals surface area contributed by atoms with Gasteiger partial charge in [-0.2, -0.15) is 11.8 Å². The van der Waals surface area contributed by atoms with E-state index in [1.54, 1.807) is 23.9 Å². The van der Waals surface area contributed by atoms with E-state index in [4.69, 9.17) is 14.7 Å². The molecule has 0 aliphatic carbocycles. The highest BCUT2D eigenvalue weighted by atomic mass is 32.2. The van der Waals surface area contributed by atoms with Gasteiger partial charge in [0.05, 0.1) is 25.5 Å². The van der Waals surface area contributed by atoms with Gasteiger partial charge in [-0.25, -0.2) is 9.97 Å². The zero-order valence-corrected chi connectivity index (χ0v) is 17.4. The molecule has 1 aliphatic heterocycles. The topological polar surface area (TPSA) is 96.5 Å². The normalized spacial score (nSPS) is 13.8. The summed E-state index contributed by atoms with van der Waals surface area (Å²) in [6.45, 7) is 4.34. The minimum absolute atomic E-state index is 0.0557. The number of carbonyl (C=O) groups excluding carboxylic acids is 2. The second-order valence-electron chi connectivity index (χ2n) is 6.61. The second-order valence-corrected chi connectivity index (χ2v) is 7.47. The molecule has 2 N–H and O–H groups in total. The second kappa shape index (κ2) is 10.2. The van der Waals surface area contributed by atoms with Gasteiger partial charge in [-0.15, -0.1) is 0 Å². The van der Waals surface area contributed by atoms with E-state index < -0.39 is 0 Å². The Hall–Kier alpha value is -2.65. The fourth-order valence-corrected chi connectivity index (χ4v) is 3.34. The Bertz CT molecular complexity index is 854. The molecule has 0 atom stereocenters. The fourth-order valence-electron chi connectivity index (χ4n) is 2.90. The lowest BCUT2D eigenvalue weighted by atomic mass is 10.2. The number of nitrogens with zero attached hydrogens (tertiary/aromatic N) is 3. The zero-order chi connectivity index (χ0) is 20.6. The van der Waals surface area contributed by atoms with E-state index in [9.17, 15) is 9.59 Å². The number of nitrogens with one attached hydrogen (secondary N) is 2. The lowest BCUT2D eigenvalue weighted by molar-refractivity contribution is -0.122. The molecule has 1 fully saturated rings. The summed E-state index contributed by atoms with van der Waals surface area (Å²) >= 11 is 1.72. The van der Waals surface area contributed by atoms with Crippen molar-refractivity contribution >= 4 is 35.1 Å². The maximum Gasteiger partial charge on any atom is 0.243 e. The number of ether oxygens (including phenoxy) is 1. The van der Waals surface area contributed by atoms with Crippen molar-refractivity contribution in [2.24, 2.45) is 0 Å². The third-order valence-corrected chi connectivity index (χ3v) is 4.90. The monoisotopic (exact) mass is 415 g/mol. The highest BCUT2D eigenvalue weighted by Crippen LogP contribution is 2.24. The van der Waals surface area contributed by atoms with Crippen LogP contribution >= 0.6 is 11.8 Å². The van der Waals surface area contributed by atoms with Crippen LogP contribution in [0, 0.1) is 0 Å². The average molecular weight is 416 g/mol. The Morgan fingerprint density at radius 3 is 2.55 bits per heavy atom. The molecule has 2 heterocycles. The first-order valence-electron chi connectivity index (χ1n) is 9.39. The number of hydrogen-bond donors (Lipinski definition) is 2. The van der Waals surface area contributed by atoms with E-state index in [2.05, 4.69) is 21.8 Å². The van der Waals surface area contributed by atoms with E-state index in [0.29, 0.717) is 24.7 Å². The van der Waals surface area contributed by atoms with Crippen molar-refractivity contribution < 1.29 is 14.3 Å². The number of hydrogen-bond acceptors (Lipinski definition) is 7. The van der Waals surface area contributed by atoms with Crippen LogP contribution in [0.4, 0.5) is 11.5 Å². The van der Waals surface area contributed by atoms with Crippen molar-refractivity contribution in [2.75, 3.05) is 49.3 Å². The molecule has 29 heavy (non-hydrogen) atoms. The molecule has 2 aromatic rings. The number of aromatic nitrogens is 2. The molecule has 0 spiro atoms. The van der Waals surface area contributed by atoms with Crippen LogP contribution < -0.4 is 15.5 Å². The van der Waals surface area contributed by atoms with Crippen LogP contribution in [-0.2, 0) is 20.1 Å². The zero-order valence-electron chi connectivity index (χ0n) is 16.6. The Kier molecular flexibility index (Phi) is 7.42. The highest BCUT2D eigenvalue weighted by Gasteiger charge is 2.16. The van der Waals surface area contributed by atoms with Gasteiger partial charge in [0.2, 0.25) is 11.8 Å².